The van der Waals surface area contributed by atoms with Gasteiger partial charge in [-0.25, -0.2) is 4.79 Å². The molecule has 126 valence electrons. The van der Waals surface area contributed by atoms with Crippen molar-refractivity contribution in [2.75, 3.05) is 6.61 Å². The molecule has 0 aliphatic heterocycles. The van der Waals surface area contributed by atoms with Crippen LogP contribution in [0.3, 0.4) is 0 Å². The fraction of sp³-hybridized carbons (Fsp3) is 0.737. The van der Waals surface area contributed by atoms with Gasteiger partial charge in [-0.3, -0.25) is 0 Å². The van der Waals surface area contributed by atoms with E-state index in [1.807, 2.05) is 17.5 Å². The van der Waals surface area contributed by atoms with Crippen LogP contribution in [-0.2, 0) is 4.74 Å². The topological polar surface area (TPSA) is 38.3 Å². The average Bonchev–Trinajstić information content (AvgIpc) is 2.96. The Balaban J connectivity index is 1.38. The van der Waals surface area contributed by atoms with Gasteiger partial charge in [-0.15, -0.1) is 11.3 Å². The molecule has 4 fully saturated rings. The fourth-order valence-corrected chi connectivity index (χ4v) is 6.35. The van der Waals surface area contributed by atoms with Crippen LogP contribution in [0.15, 0.2) is 17.5 Å². The number of carbonyl (C=O) groups excluding carboxylic acids is 1. The first-order valence-corrected chi connectivity index (χ1v) is 9.81. The SMILES string of the molecule is CC(C)(COC(=O)c1cccs1)NC12CC3CC(CC(C3)C1)C2. The molecule has 0 aromatic carbocycles. The van der Waals surface area contributed by atoms with E-state index >= 15 is 0 Å². The molecule has 0 amide bonds. The quantitative estimate of drug-likeness (QED) is 0.819. The summed E-state index contributed by atoms with van der Waals surface area (Å²) in [6.45, 7) is 4.78. The zero-order chi connectivity index (χ0) is 16.1. The molecule has 4 aliphatic rings. The standard InChI is InChI=1S/C19H27NO2S/c1-18(2,12-22-17(21)16-4-3-5-23-16)20-19-9-13-6-14(10-19)8-15(7-13)11-19/h3-5,13-15,20H,6-12H2,1-2H3. The van der Waals surface area contributed by atoms with Gasteiger partial charge in [0.15, 0.2) is 0 Å². The largest absolute Gasteiger partial charge is 0.460 e. The van der Waals surface area contributed by atoms with Crippen LogP contribution in [0.25, 0.3) is 0 Å². The van der Waals surface area contributed by atoms with Crippen molar-refractivity contribution in [3.8, 4) is 0 Å². The minimum atomic E-state index is -0.194. The molecule has 0 radical (unpaired) electrons. The predicted octanol–water partition coefficient (Wildman–Crippen LogP) is 4.24. The predicted molar refractivity (Wildman–Crippen MR) is 92.7 cm³/mol. The lowest BCUT2D eigenvalue weighted by atomic mass is 9.52. The van der Waals surface area contributed by atoms with E-state index in [1.165, 1.54) is 49.9 Å². The number of thiophene rings is 1. The van der Waals surface area contributed by atoms with Gasteiger partial charge in [0.25, 0.3) is 0 Å². The number of esters is 1. The maximum Gasteiger partial charge on any atom is 0.348 e. The lowest BCUT2D eigenvalue weighted by Crippen LogP contribution is -2.64. The molecule has 1 N–H and O–H groups in total. The smallest absolute Gasteiger partial charge is 0.348 e. The first kappa shape index (κ1) is 15.6. The van der Waals surface area contributed by atoms with Crippen molar-refractivity contribution in [3.63, 3.8) is 0 Å². The van der Waals surface area contributed by atoms with E-state index in [9.17, 15) is 4.79 Å². The lowest BCUT2D eigenvalue weighted by Gasteiger charge is -2.59. The second-order valence-corrected chi connectivity index (χ2v) is 9.71. The van der Waals surface area contributed by atoms with Gasteiger partial charge in [0, 0.05) is 11.1 Å². The Kier molecular flexibility index (Phi) is 3.80. The summed E-state index contributed by atoms with van der Waals surface area (Å²) in [5.74, 6) is 2.59. The number of ether oxygens (including phenoxy) is 1. The molecule has 1 heterocycles. The number of hydrogen-bond donors (Lipinski definition) is 1. The number of carbonyl (C=O) groups is 1. The van der Waals surface area contributed by atoms with E-state index in [0.29, 0.717) is 17.0 Å². The van der Waals surface area contributed by atoms with Crippen LogP contribution in [0.1, 0.15) is 62.0 Å². The number of rotatable bonds is 5. The minimum absolute atomic E-state index is 0.168. The van der Waals surface area contributed by atoms with Crippen molar-refractivity contribution >= 4 is 17.3 Å². The first-order valence-electron chi connectivity index (χ1n) is 8.93. The number of hydrogen-bond acceptors (Lipinski definition) is 4. The number of nitrogens with one attached hydrogen (secondary N) is 1. The van der Waals surface area contributed by atoms with Crippen molar-refractivity contribution in [1.29, 1.82) is 0 Å². The van der Waals surface area contributed by atoms with E-state index in [2.05, 4.69) is 19.2 Å². The summed E-state index contributed by atoms with van der Waals surface area (Å²) in [6.07, 6.45) is 8.32. The summed E-state index contributed by atoms with van der Waals surface area (Å²) in [6, 6.07) is 3.71. The maximum absolute atomic E-state index is 12.1. The Morgan fingerprint density at radius 3 is 2.39 bits per heavy atom. The van der Waals surface area contributed by atoms with Crippen molar-refractivity contribution in [1.82, 2.24) is 5.32 Å². The Labute approximate surface area is 142 Å². The highest BCUT2D eigenvalue weighted by molar-refractivity contribution is 7.11. The van der Waals surface area contributed by atoms with Gasteiger partial charge >= 0.3 is 5.97 Å². The normalized spacial score (nSPS) is 35.5. The second kappa shape index (κ2) is 5.59. The molecular weight excluding hydrogens is 306 g/mol. The molecule has 0 saturated heterocycles. The zero-order valence-electron chi connectivity index (χ0n) is 14.1. The molecule has 5 rings (SSSR count). The van der Waals surface area contributed by atoms with Gasteiger partial charge in [-0.2, -0.15) is 0 Å². The Hall–Kier alpha value is -0.870. The van der Waals surface area contributed by atoms with Gasteiger partial charge < -0.3 is 10.1 Å². The molecule has 23 heavy (non-hydrogen) atoms. The fourth-order valence-electron chi connectivity index (χ4n) is 5.73. The Morgan fingerprint density at radius 2 is 1.87 bits per heavy atom. The lowest BCUT2D eigenvalue weighted by molar-refractivity contribution is -0.0403. The van der Waals surface area contributed by atoms with Crippen LogP contribution < -0.4 is 5.32 Å². The van der Waals surface area contributed by atoms with Crippen molar-refractivity contribution < 1.29 is 9.53 Å². The van der Waals surface area contributed by atoms with E-state index in [0.717, 1.165) is 17.8 Å². The molecule has 3 nitrogen and oxygen atoms in total. The Bertz CT molecular complexity index is 543. The van der Waals surface area contributed by atoms with E-state index in [4.69, 9.17) is 4.74 Å². The maximum atomic E-state index is 12.1. The van der Waals surface area contributed by atoms with Crippen molar-refractivity contribution in [2.24, 2.45) is 17.8 Å². The molecule has 4 saturated carbocycles. The van der Waals surface area contributed by atoms with Gasteiger partial charge in [0.05, 0.1) is 0 Å². The molecule has 0 spiro atoms. The van der Waals surface area contributed by atoms with Crippen LogP contribution in [0.5, 0.6) is 0 Å². The molecule has 1 aromatic rings. The third kappa shape index (κ3) is 3.20. The summed E-state index contributed by atoms with van der Waals surface area (Å²) in [5.41, 5.74) is 0.131. The van der Waals surface area contributed by atoms with Crippen molar-refractivity contribution in [2.45, 2.75) is 63.5 Å². The van der Waals surface area contributed by atoms with Crippen LogP contribution in [0.4, 0.5) is 0 Å². The summed E-state index contributed by atoms with van der Waals surface area (Å²) >= 11 is 1.44. The summed E-state index contributed by atoms with van der Waals surface area (Å²) in [5, 5.41) is 5.84. The highest BCUT2D eigenvalue weighted by Crippen LogP contribution is 2.56. The van der Waals surface area contributed by atoms with Gasteiger partial charge in [0.1, 0.15) is 11.5 Å². The van der Waals surface area contributed by atoms with Crippen LogP contribution in [0.2, 0.25) is 0 Å². The van der Waals surface area contributed by atoms with Gasteiger partial charge in [-0.1, -0.05) is 6.07 Å². The molecule has 4 heteroatoms. The molecule has 0 atom stereocenters. The average molecular weight is 333 g/mol. The van der Waals surface area contributed by atoms with Gasteiger partial charge in [-0.05, 0) is 81.6 Å². The Morgan fingerprint density at radius 1 is 1.26 bits per heavy atom. The zero-order valence-corrected chi connectivity index (χ0v) is 15.0. The monoisotopic (exact) mass is 333 g/mol. The summed E-state index contributed by atoms with van der Waals surface area (Å²) in [4.78, 5) is 12.8. The van der Waals surface area contributed by atoms with E-state index in [-0.39, 0.29) is 11.5 Å². The molecule has 0 unspecified atom stereocenters. The third-order valence-corrected chi connectivity index (χ3v) is 6.78. The third-order valence-electron chi connectivity index (χ3n) is 5.93. The molecule has 4 bridgehead atoms. The minimum Gasteiger partial charge on any atom is -0.460 e. The van der Waals surface area contributed by atoms with Crippen LogP contribution in [0, 0.1) is 17.8 Å². The summed E-state index contributed by atoms with van der Waals surface area (Å²) in [7, 11) is 0. The molecule has 1 aromatic heterocycles. The molecule has 4 aliphatic carbocycles. The van der Waals surface area contributed by atoms with E-state index < -0.39 is 0 Å². The molecular formula is C19H27NO2S. The highest BCUT2D eigenvalue weighted by Gasteiger charge is 2.52. The summed E-state index contributed by atoms with van der Waals surface area (Å²) < 4.78 is 5.57. The van der Waals surface area contributed by atoms with E-state index in [1.54, 1.807) is 0 Å². The van der Waals surface area contributed by atoms with Gasteiger partial charge in [0.2, 0.25) is 0 Å². The van der Waals surface area contributed by atoms with Crippen LogP contribution in [-0.4, -0.2) is 23.7 Å². The second-order valence-electron chi connectivity index (χ2n) is 8.76. The van der Waals surface area contributed by atoms with Crippen LogP contribution >= 0.6 is 11.3 Å². The first-order chi connectivity index (χ1) is 10.9. The highest BCUT2D eigenvalue weighted by atomic mass is 32.1. The van der Waals surface area contributed by atoms with Crippen molar-refractivity contribution in [3.05, 3.63) is 22.4 Å².